The van der Waals surface area contributed by atoms with E-state index in [0.29, 0.717) is 6.54 Å². The summed E-state index contributed by atoms with van der Waals surface area (Å²) in [6.45, 7) is 0.709. The number of carbonyl (C=O) groups excluding carboxylic acids is 2. The largest absolute Gasteiger partial charge is 0.468 e. The van der Waals surface area contributed by atoms with Crippen molar-refractivity contribution >= 4 is 12.1 Å². The third kappa shape index (κ3) is 4.64. The number of pyridine rings is 1. The van der Waals surface area contributed by atoms with E-state index in [4.69, 9.17) is 9.47 Å². The second-order valence-corrected chi connectivity index (χ2v) is 6.60. The molecule has 0 bridgehead atoms. The standard InChI is InChI=1S/C21H25N2O4/c1-26-20(24)19(17-10-4-2-5-11-17)18-12-6-9-15-23(18)21(25)27-16-22-13-7-3-8-14-22/h2-5,7-8,10-11,13-14,18-19H,6,9,12,15-16H2,1H3/q+1. The van der Waals surface area contributed by atoms with Gasteiger partial charge in [-0.25, -0.2) is 4.79 Å². The molecule has 1 saturated heterocycles. The number of hydrogen-bond donors (Lipinski definition) is 0. The highest BCUT2D eigenvalue weighted by molar-refractivity contribution is 5.80. The molecule has 142 valence electrons. The number of rotatable bonds is 5. The van der Waals surface area contributed by atoms with Gasteiger partial charge in [0, 0.05) is 18.7 Å². The minimum Gasteiger partial charge on any atom is -0.468 e. The Balaban J connectivity index is 1.78. The van der Waals surface area contributed by atoms with Gasteiger partial charge in [-0.2, -0.15) is 4.57 Å². The van der Waals surface area contributed by atoms with E-state index < -0.39 is 12.0 Å². The van der Waals surface area contributed by atoms with Crippen molar-refractivity contribution in [2.24, 2.45) is 0 Å². The number of amides is 1. The van der Waals surface area contributed by atoms with E-state index >= 15 is 0 Å². The van der Waals surface area contributed by atoms with E-state index in [-0.39, 0.29) is 18.7 Å². The lowest BCUT2D eigenvalue weighted by atomic mass is 9.85. The molecule has 0 N–H and O–H groups in total. The highest BCUT2D eigenvalue weighted by atomic mass is 16.6. The number of ether oxygens (including phenoxy) is 2. The zero-order valence-corrected chi connectivity index (χ0v) is 15.5. The molecule has 0 spiro atoms. The zero-order valence-electron chi connectivity index (χ0n) is 15.5. The molecule has 2 heterocycles. The summed E-state index contributed by atoms with van der Waals surface area (Å²) < 4.78 is 12.3. The maximum Gasteiger partial charge on any atom is 0.414 e. The summed E-state index contributed by atoms with van der Waals surface area (Å²) in [4.78, 5) is 27.0. The van der Waals surface area contributed by atoms with E-state index in [0.717, 1.165) is 24.8 Å². The number of likely N-dealkylation sites (tertiary alicyclic amines) is 1. The zero-order chi connectivity index (χ0) is 19.1. The molecule has 6 heteroatoms. The highest BCUT2D eigenvalue weighted by Gasteiger charge is 2.39. The van der Waals surface area contributed by atoms with Crippen LogP contribution in [0, 0.1) is 0 Å². The molecule has 1 aliphatic rings. The third-order valence-electron chi connectivity index (χ3n) is 4.90. The topological polar surface area (TPSA) is 59.7 Å². The lowest BCUT2D eigenvalue weighted by Gasteiger charge is -2.38. The Hall–Kier alpha value is -2.89. The van der Waals surface area contributed by atoms with Gasteiger partial charge in [-0.05, 0) is 24.8 Å². The van der Waals surface area contributed by atoms with Crippen molar-refractivity contribution in [2.45, 2.75) is 38.0 Å². The maximum atomic E-state index is 12.8. The van der Waals surface area contributed by atoms with E-state index in [1.165, 1.54) is 7.11 Å². The van der Waals surface area contributed by atoms with E-state index in [1.54, 1.807) is 9.47 Å². The lowest BCUT2D eigenvalue weighted by Crippen LogP contribution is -2.50. The van der Waals surface area contributed by atoms with Crippen LogP contribution in [-0.2, 0) is 21.0 Å². The minimum atomic E-state index is -0.520. The van der Waals surface area contributed by atoms with Gasteiger partial charge in [0.05, 0.1) is 13.2 Å². The summed E-state index contributed by atoms with van der Waals surface area (Å²) in [5.74, 6) is -0.850. The summed E-state index contributed by atoms with van der Waals surface area (Å²) in [7, 11) is 1.38. The smallest absolute Gasteiger partial charge is 0.414 e. The first kappa shape index (κ1) is 18.9. The molecule has 0 saturated carbocycles. The van der Waals surface area contributed by atoms with Crippen LogP contribution in [0.1, 0.15) is 30.7 Å². The predicted molar refractivity (Wildman–Crippen MR) is 98.7 cm³/mol. The van der Waals surface area contributed by atoms with Crippen molar-refractivity contribution in [3.63, 3.8) is 0 Å². The molecular formula is C21H25N2O4+. The average Bonchev–Trinajstić information content (AvgIpc) is 2.74. The van der Waals surface area contributed by atoms with Crippen molar-refractivity contribution in [1.29, 1.82) is 0 Å². The number of nitrogens with zero attached hydrogens (tertiary/aromatic N) is 2. The molecule has 2 atom stereocenters. The average molecular weight is 369 g/mol. The summed E-state index contributed by atoms with van der Waals surface area (Å²) in [5, 5.41) is 0. The Morgan fingerprint density at radius 3 is 2.52 bits per heavy atom. The SMILES string of the molecule is COC(=O)C(c1ccccc1)C1CCCCN1C(=O)OC[n+]1ccccc1. The Labute approximate surface area is 159 Å². The molecule has 1 fully saturated rings. The fraction of sp³-hybridized carbons (Fsp3) is 0.381. The molecule has 1 aromatic carbocycles. The highest BCUT2D eigenvalue weighted by Crippen LogP contribution is 2.32. The Kier molecular flexibility index (Phi) is 6.41. The number of benzene rings is 1. The second kappa shape index (κ2) is 9.16. The Morgan fingerprint density at radius 1 is 1.11 bits per heavy atom. The van der Waals surface area contributed by atoms with Gasteiger partial charge >= 0.3 is 12.1 Å². The maximum absolute atomic E-state index is 12.8. The van der Waals surface area contributed by atoms with Gasteiger partial charge in [-0.1, -0.05) is 36.4 Å². The molecule has 1 aromatic heterocycles. The van der Waals surface area contributed by atoms with Crippen molar-refractivity contribution in [3.05, 3.63) is 66.5 Å². The lowest BCUT2D eigenvalue weighted by molar-refractivity contribution is -0.727. The van der Waals surface area contributed by atoms with Crippen molar-refractivity contribution in [2.75, 3.05) is 13.7 Å². The number of esters is 1. The molecule has 27 heavy (non-hydrogen) atoms. The van der Waals surface area contributed by atoms with Gasteiger partial charge in [-0.15, -0.1) is 0 Å². The molecule has 2 aromatic rings. The molecule has 3 rings (SSSR count). The Morgan fingerprint density at radius 2 is 1.81 bits per heavy atom. The fourth-order valence-corrected chi connectivity index (χ4v) is 3.57. The number of hydrogen-bond acceptors (Lipinski definition) is 4. The van der Waals surface area contributed by atoms with Gasteiger partial charge in [0.25, 0.3) is 6.73 Å². The van der Waals surface area contributed by atoms with Crippen molar-refractivity contribution in [1.82, 2.24) is 4.90 Å². The van der Waals surface area contributed by atoms with Crippen LogP contribution in [0.4, 0.5) is 4.79 Å². The fourth-order valence-electron chi connectivity index (χ4n) is 3.57. The van der Waals surface area contributed by atoms with Gasteiger partial charge in [-0.3, -0.25) is 4.79 Å². The molecule has 2 unspecified atom stereocenters. The van der Waals surface area contributed by atoms with Gasteiger partial charge < -0.3 is 14.4 Å². The van der Waals surface area contributed by atoms with Gasteiger partial charge in [0.15, 0.2) is 12.4 Å². The van der Waals surface area contributed by atoms with Gasteiger partial charge in [0.1, 0.15) is 5.92 Å². The number of carbonyl (C=O) groups is 2. The van der Waals surface area contributed by atoms with Crippen LogP contribution in [0.15, 0.2) is 60.9 Å². The van der Waals surface area contributed by atoms with Crippen molar-refractivity contribution in [3.8, 4) is 0 Å². The van der Waals surface area contributed by atoms with E-state index in [9.17, 15) is 9.59 Å². The summed E-state index contributed by atoms with van der Waals surface area (Å²) >= 11 is 0. The van der Waals surface area contributed by atoms with Crippen LogP contribution in [0.2, 0.25) is 0 Å². The number of methoxy groups -OCH3 is 1. The normalized spacial score (nSPS) is 17.8. The first-order valence-electron chi connectivity index (χ1n) is 9.21. The first-order valence-corrected chi connectivity index (χ1v) is 9.21. The predicted octanol–water partition coefficient (Wildman–Crippen LogP) is 2.88. The van der Waals surface area contributed by atoms with E-state index in [2.05, 4.69) is 0 Å². The molecular weight excluding hydrogens is 344 g/mol. The monoisotopic (exact) mass is 369 g/mol. The van der Waals surface area contributed by atoms with Crippen LogP contribution >= 0.6 is 0 Å². The number of aromatic nitrogens is 1. The van der Waals surface area contributed by atoms with Gasteiger partial charge in [0.2, 0.25) is 0 Å². The summed E-state index contributed by atoms with van der Waals surface area (Å²) in [5.41, 5.74) is 0.853. The molecule has 0 aliphatic carbocycles. The molecule has 6 nitrogen and oxygen atoms in total. The molecule has 1 amide bonds. The number of piperidine rings is 1. The Bertz CT molecular complexity index is 751. The quantitative estimate of drug-likeness (QED) is 0.601. The van der Waals surface area contributed by atoms with E-state index in [1.807, 2.05) is 60.9 Å². The van der Waals surface area contributed by atoms with Crippen LogP contribution < -0.4 is 4.57 Å². The van der Waals surface area contributed by atoms with Crippen molar-refractivity contribution < 1.29 is 23.6 Å². The summed E-state index contributed by atoms with van der Waals surface area (Å²) in [6.07, 6.45) is 5.86. The third-order valence-corrected chi connectivity index (χ3v) is 4.90. The molecule has 1 aliphatic heterocycles. The summed E-state index contributed by atoms with van der Waals surface area (Å²) in [6, 6.07) is 14.9. The molecule has 0 radical (unpaired) electrons. The first-order chi connectivity index (χ1) is 13.2. The minimum absolute atomic E-state index is 0.136. The van der Waals surface area contributed by atoms with Crippen LogP contribution in [-0.4, -0.2) is 36.7 Å². The van der Waals surface area contributed by atoms with Crippen LogP contribution in [0.5, 0.6) is 0 Å². The van der Waals surface area contributed by atoms with Crippen LogP contribution in [0.3, 0.4) is 0 Å². The second-order valence-electron chi connectivity index (χ2n) is 6.60. The van der Waals surface area contributed by atoms with Crippen LogP contribution in [0.25, 0.3) is 0 Å².